The summed E-state index contributed by atoms with van der Waals surface area (Å²) in [7, 11) is 0. The van der Waals surface area contributed by atoms with Crippen molar-refractivity contribution in [2.24, 2.45) is 0 Å². The number of alkyl halides is 3. The normalized spacial score (nSPS) is 13.7. The van der Waals surface area contributed by atoms with Crippen molar-refractivity contribution in [1.82, 2.24) is 5.06 Å². The molecule has 9 heteroatoms. The van der Waals surface area contributed by atoms with Crippen molar-refractivity contribution < 1.29 is 32.4 Å². The Balaban J connectivity index is 1.51. The van der Waals surface area contributed by atoms with E-state index in [9.17, 15) is 27.6 Å². The molecule has 1 aliphatic heterocycles. The van der Waals surface area contributed by atoms with Gasteiger partial charge in [0.2, 0.25) is 0 Å². The van der Waals surface area contributed by atoms with Gasteiger partial charge in [-0.05, 0) is 36.4 Å². The quantitative estimate of drug-likeness (QED) is 0.567. The minimum atomic E-state index is -4.40. The molecule has 2 aromatic carbocycles. The Morgan fingerprint density at radius 1 is 0.963 bits per heavy atom. The first kappa shape index (κ1) is 19.0. The third-order valence-electron chi connectivity index (χ3n) is 3.71. The van der Waals surface area contributed by atoms with Crippen LogP contribution >= 0.6 is 11.8 Å². The van der Waals surface area contributed by atoms with E-state index in [1.165, 1.54) is 24.3 Å². The second kappa shape index (κ2) is 7.43. The SMILES string of the molecule is O=C(CCSc1ccc(C(F)(F)F)cc1)ON1C(=O)c2ccccc2C1=O. The molecule has 2 amide bonds. The Bertz CT molecular complexity index is 861. The fourth-order valence-corrected chi connectivity index (χ4v) is 3.22. The van der Waals surface area contributed by atoms with Gasteiger partial charge in [-0.3, -0.25) is 9.59 Å². The summed E-state index contributed by atoms with van der Waals surface area (Å²) in [6, 6.07) is 10.6. The van der Waals surface area contributed by atoms with Gasteiger partial charge >= 0.3 is 12.1 Å². The van der Waals surface area contributed by atoms with E-state index >= 15 is 0 Å². The number of carbonyl (C=O) groups is 3. The van der Waals surface area contributed by atoms with Crippen LogP contribution in [-0.2, 0) is 15.8 Å². The average molecular weight is 395 g/mol. The minimum Gasteiger partial charge on any atom is -0.330 e. The maximum atomic E-state index is 12.5. The number of carbonyl (C=O) groups excluding carboxylic acids is 3. The first-order valence-corrected chi connectivity index (χ1v) is 8.74. The van der Waals surface area contributed by atoms with Crippen LogP contribution in [0.3, 0.4) is 0 Å². The summed E-state index contributed by atoms with van der Waals surface area (Å²) >= 11 is 1.16. The summed E-state index contributed by atoms with van der Waals surface area (Å²) < 4.78 is 37.5. The summed E-state index contributed by atoms with van der Waals surface area (Å²) in [6.07, 6.45) is -4.53. The smallest absolute Gasteiger partial charge is 0.330 e. The summed E-state index contributed by atoms with van der Waals surface area (Å²) in [5, 5.41) is 0.426. The highest BCUT2D eigenvalue weighted by Gasteiger charge is 2.38. The zero-order valence-corrected chi connectivity index (χ0v) is 14.5. The highest BCUT2D eigenvalue weighted by atomic mass is 32.2. The number of nitrogens with zero attached hydrogens (tertiary/aromatic N) is 1. The van der Waals surface area contributed by atoms with Crippen molar-refractivity contribution in [1.29, 1.82) is 0 Å². The van der Waals surface area contributed by atoms with Crippen LogP contribution in [0, 0.1) is 0 Å². The van der Waals surface area contributed by atoms with E-state index < -0.39 is 29.5 Å². The Morgan fingerprint density at radius 3 is 2.04 bits per heavy atom. The summed E-state index contributed by atoms with van der Waals surface area (Å²) in [6.45, 7) is 0. The summed E-state index contributed by atoms with van der Waals surface area (Å²) in [5.41, 5.74) is -0.430. The van der Waals surface area contributed by atoms with Crippen LogP contribution in [0.4, 0.5) is 13.2 Å². The molecule has 27 heavy (non-hydrogen) atoms. The van der Waals surface area contributed by atoms with Crippen molar-refractivity contribution in [2.75, 3.05) is 5.75 Å². The Kier molecular flexibility index (Phi) is 5.22. The molecule has 0 radical (unpaired) electrons. The third-order valence-corrected chi connectivity index (χ3v) is 4.72. The van der Waals surface area contributed by atoms with E-state index in [1.807, 2.05) is 0 Å². The van der Waals surface area contributed by atoms with Gasteiger partial charge in [-0.2, -0.15) is 13.2 Å². The Morgan fingerprint density at radius 2 is 1.52 bits per heavy atom. The minimum absolute atomic E-state index is 0.126. The molecule has 1 heterocycles. The van der Waals surface area contributed by atoms with Crippen LogP contribution in [0.15, 0.2) is 53.4 Å². The number of fused-ring (bicyclic) bond motifs is 1. The van der Waals surface area contributed by atoms with E-state index in [0.29, 0.717) is 9.96 Å². The van der Waals surface area contributed by atoms with Crippen molar-refractivity contribution >= 4 is 29.5 Å². The number of hydrogen-bond donors (Lipinski definition) is 0. The molecule has 0 aliphatic carbocycles. The Hall–Kier alpha value is -2.81. The fourth-order valence-electron chi connectivity index (χ4n) is 2.39. The van der Waals surface area contributed by atoms with Crippen LogP contribution in [0.2, 0.25) is 0 Å². The number of amides is 2. The van der Waals surface area contributed by atoms with Gasteiger partial charge in [0, 0.05) is 10.6 Å². The molecule has 3 rings (SSSR count). The van der Waals surface area contributed by atoms with E-state index in [0.717, 1.165) is 23.9 Å². The van der Waals surface area contributed by atoms with Gasteiger partial charge < -0.3 is 4.84 Å². The molecular formula is C18H12F3NO4S. The number of rotatable bonds is 5. The zero-order valence-electron chi connectivity index (χ0n) is 13.7. The van der Waals surface area contributed by atoms with Gasteiger partial charge in [0.15, 0.2) is 0 Å². The van der Waals surface area contributed by atoms with E-state index in [-0.39, 0.29) is 23.3 Å². The second-order valence-corrected chi connectivity index (χ2v) is 6.70. The molecule has 5 nitrogen and oxygen atoms in total. The molecule has 0 N–H and O–H groups in total. The topological polar surface area (TPSA) is 63.7 Å². The molecule has 1 aliphatic rings. The summed E-state index contributed by atoms with van der Waals surface area (Å²) in [5.74, 6) is -1.99. The average Bonchev–Trinajstić information content (AvgIpc) is 2.87. The fraction of sp³-hybridized carbons (Fsp3) is 0.167. The second-order valence-electron chi connectivity index (χ2n) is 5.53. The van der Waals surface area contributed by atoms with Crippen molar-refractivity contribution in [3.63, 3.8) is 0 Å². The molecule has 140 valence electrons. The number of hydrogen-bond acceptors (Lipinski definition) is 5. The lowest BCUT2D eigenvalue weighted by Crippen LogP contribution is -2.32. The van der Waals surface area contributed by atoms with Crippen molar-refractivity contribution in [3.05, 3.63) is 65.2 Å². The molecule has 0 bridgehead atoms. The number of halogens is 3. The molecule has 0 spiro atoms. The molecular weight excluding hydrogens is 383 g/mol. The van der Waals surface area contributed by atoms with Crippen LogP contribution in [0.1, 0.15) is 32.7 Å². The highest BCUT2D eigenvalue weighted by Crippen LogP contribution is 2.31. The molecule has 0 fully saturated rings. The first-order valence-electron chi connectivity index (χ1n) is 7.76. The van der Waals surface area contributed by atoms with Gasteiger partial charge in [0.25, 0.3) is 11.8 Å². The van der Waals surface area contributed by atoms with Gasteiger partial charge in [0.1, 0.15) is 0 Å². The predicted molar refractivity (Wildman–Crippen MR) is 89.8 cm³/mol. The molecule has 0 aromatic heterocycles. The van der Waals surface area contributed by atoms with Crippen molar-refractivity contribution in [3.8, 4) is 0 Å². The predicted octanol–water partition coefficient (Wildman–Crippen LogP) is 3.94. The molecule has 0 saturated heterocycles. The lowest BCUT2D eigenvalue weighted by molar-refractivity contribution is -0.167. The van der Waals surface area contributed by atoms with Crippen molar-refractivity contribution in [2.45, 2.75) is 17.5 Å². The first-order chi connectivity index (χ1) is 12.8. The molecule has 0 saturated carbocycles. The standard InChI is InChI=1S/C18H12F3NO4S/c19-18(20,21)11-5-7-12(8-6-11)27-10-9-15(23)26-22-16(24)13-3-1-2-4-14(13)17(22)25/h1-8H,9-10H2. The monoisotopic (exact) mass is 395 g/mol. The Labute approximate surface area is 156 Å². The maximum Gasteiger partial charge on any atom is 0.416 e. The number of benzene rings is 2. The van der Waals surface area contributed by atoms with Crippen LogP contribution in [0.5, 0.6) is 0 Å². The van der Waals surface area contributed by atoms with E-state index in [1.54, 1.807) is 12.1 Å². The number of imide groups is 1. The lowest BCUT2D eigenvalue weighted by Gasteiger charge is -2.12. The largest absolute Gasteiger partial charge is 0.416 e. The summed E-state index contributed by atoms with van der Waals surface area (Å²) in [4.78, 5) is 41.5. The van der Waals surface area contributed by atoms with Crippen LogP contribution < -0.4 is 0 Å². The van der Waals surface area contributed by atoms with Gasteiger partial charge in [-0.15, -0.1) is 11.8 Å². The van der Waals surface area contributed by atoms with Gasteiger partial charge in [0.05, 0.1) is 23.1 Å². The third kappa shape index (κ3) is 4.13. The molecule has 0 unspecified atom stereocenters. The van der Waals surface area contributed by atoms with Gasteiger partial charge in [-0.1, -0.05) is 17.2 Å². The van der Waals surface area contributed by atoms with Gasteiger partial charge in [-0.25, -0.2) is 4.79 Å². The van der Waals surface area contributed by atoms with Crippen LogP contribution in [-0.4, -0.2) is 28.6 Å². The van der Waals surface area contributed by atoms with E-state index in [2.05, 4.69) is 0 Å². The maximum absolute atomic E-state index is 12.5. The highest BCUT2D eigenvalue weighted by molar-refractivity contribution is 7.99. The zero-order chi connectivity index (χ0) is 19.6. The number of thioether (sulfide) groups is 1. The number of hydroxylamine groups is 2. The molecule has 2 aromatic rings. The lowest BCUT2D eigenvalue weighted by atomic mass is 10.1. The van der Waals surface area contributed by atoms with E-state index in [4.69, 9.17) is 4.84 Å². The molecule has 0 atom stereocenters. The van der Waals surface area contributed by atoms with Crippen LogP contribution in [0.25, 0.3) is 0 Å².